The molecule has 0 saturated heterocycles. The van der Waals surface area contributed by atoms with Crippen molar-refractivity contribution in [3.05, 3.63) is 48.9 Å². The molecule has 74 valence electrons. The van der Waals surface area contributed by atoms with E-state index in [0.29, 0.717) is 11.6 Å². The van der Waals surface area contributed by atoms with E-state index >= 15 is 0 Å². The highest BCUT2D eigenvalue weighted by Crippen LogP contribution is 2.23. The molecule has 2 aromatic rings. The molecule has 4 heteroatoms. The van der Waals surface area contributed by atoms with E-state index in [2.05, 4.69) is 4.98 Å². The van der Waals surface area contributed by atoms with Crippen LogP contribution in [0.5, 0.6) is 0 Å². The van der Waals surface area contributed by atoms with Crippen molar-refractivity contribution in [2.75, 3.05) is 0 Å². The Balaban J connectivity index is 2.08. The molecule has 2 heterocycles. The van der Waals surface area contributed by atoms with E-state index in [-0.39, 0.29) is 0 Å². The fraction of sp³-hybridized carbons (Fsp3) is 0. The Morgan fingerprint density at radius 3 is 2.80 bits per heavy atom. The minimum atomic E-state index is 0.417. The highest BCUT2D eigenvalue weighted by molar-refractivity contribution is 5.74. The Kier molecular flexibility index (Phi) is 1.71. The lowest BCUT2D eigenvalue weighted by atomic mass is 10.3. The number of benzene rings is 1. The van der Waals surface area contributed by atoms with Crippen LogP contribution in [0.3, 0.4) is 0 Å². The molecule has 0 spiro atoms. The van der Waals surface area contributed by atoms with Gasteiger partial charge in [-0.3, -0.25) is 0 Å². The summed E-state index contributed by atoms with van der Waals surface area (Å²) < 4.78 is 15.6. The molecular weight excluding hydrogens is 194 g/mol. The summed E-state index contributed by atoms with van der Waals surface area (Å²) in [5.74, 6) is 0.884. The van der Waals surface area contributed by atoms with Crippen LogP contribution in [0.25, 0.3) is 16.9 Å². The summed E-state index contributed by atoms with van der Waals surface area (Å²) in [5, 5.41) is 0. The fourth-order valence-electron chi connectivity index (χ4n) is 1.34. The minimum Gasteiger partial charge on any atom is -0.465 e. The highest BCUT2D eigenvalue weighted by Gasteiger charge is 2.13. The number of oxazole rings is 1. The Morgan fingerprint density at radius 2 is 2.00 bits per heavy atom. The molecule has 0 N–H and O–H groups in total. The third kappa shape index (κ3) is 1.36. The predicted molar refractivity (Wildman–Crippen MR) is 53.3 cm³/mol. The number of hydrogen-bond acceptors (Lipinski definition) is 4. The van der Waals surface area contributed by atoms with Gasteiger partial charge in [0.15, 0.2) is 5.58 Å². The van der Waals surface area contributed by atoms with Crippen molar-refractivity contribution in [2.24, 2.45) is 0 Å². The van der Waals surface area contributed by atoms with E-state index < -0.39 is 0 Å². The summed E-state index contributed by atoms with van der Waals surface area (Å²) in [6.07, 6.45) is 4.32. The SMILES string of the molecule is C1=COC(c2nc3ccccc3o2)=CO1. The van der Waals surface area contributed by atoms with Gasteiger partial charge in [-0.15, -0.1) is 0 Å². The van der Waals surface area contributed by atoms with Crippen LogP contribution in [-0.4, -0.2) is 4.98 Å². The molecule has 0 saturated carbocycles. The summed E-state index contributed by atoms with van der Waals surface area (Å²) in [6.45, 7) is 0. The average Bonchev–Trinajstić information content (AvgIpc) is 2.74. The maximum Gasteiger partial charge on any atom is 0.267 e. The molecule has 0 amide bonds. The van der Waals surface area contributed by atoms with Crippen LogP contribution in [0.4, 0.5) is 0 Å². The lowest BCUT2D eigenvalue weighted by Crippen LogP contribution is -1.91. The molecule has 15 heavy (non-hydrogen) atoms. The zero-order valence-corrected chi connectivity index (χ0v) is 7.71. The Labute approximate surface area is 85.4 Å². The third-order valence-corrected chi connectivity index (χ3v) is 2.01. The zero-order chi connectivity index (χ0) is 10.1. The number of aromatic nitrogens is 1. The first-order valence-electron chi connectivity index (χ1n) is 4.47. The van der Waals surface area contributed by atoms with Crippen molar-refractivity contribution in [2.45, 2.75) is 0 Å². The molecule has 1 aromatic carbocycles. The van der Waals surface area contributed by atoms with Crippen LogP contribution in [0, 0.1) is 0 Å². The average molecular weight is 201 g/mol. The van der Waals surface area contributed by atoms with Crippen molar-refractivity contribution >= 4 is 16.9 Å². The van der Waals surface area contributed by atoms with Crippen LogP contribution in [-0.2, 0) is 9.47 Å². The summed E-state index contributed by atoms with van der Waals surface area (Å²) >= 11 is 0. The molecule has 0 radical (unpaired) electrons. The van der Waals surface area contributed by atoms with E-state index in [4.69, 9.17) is 13.9 Å². The molecule has 0 fully saturated rings. The van der Waals surface area contributed by atoms with E-state index in [1.807, 2.05) is 24.3 Å². The van der Waals surface area contributed by atoms with Crippen LogP contribution in [0.2, 0.25) is 0 Å². The summed E-state index contributed by atoms with van der Waals surface area (Å²) in [5.41, 5.74) is 1.53. The van der Waals surface area contributed by atoms with E-state index in [9.17, 15) is 0 Å². The van der Waals surface area contributed by atoms with Gasteiger partial charge in [-0.1, -0.05) is 12.1 Å². The molecule has 3 rings (SSSR count). The second kappa shape index (κ2) is 3.16. The molecule has 0 bridgehead atoms. The summed E-state index contributed by atoms with van der Waals surface area (Å²) in [7, 11) is 0. The lowest BCUT2D eigenvalue weighted by Gasteiger charge is -2.04. The molecule has 0 atom stereocenters. The molecule has 1 aliphatic heterocycles. The first-order chi connectivity index (χ1) is 7.43. The Hall–Kier alpha value is -2.23. The summed E-state index contributed by atoms with van der Waals surface area (Å²) in [6, 6.07) is 7.53. The largest absolute Gasteiger partial charge is 0.465 e. The number of nitrogens with zero attached hydrogens (tertiary/aromatic N) is 1. The van der Waals surface area contributed by atoms with Crippen LogP contribution in [0.1, 0.15) is 5.89 Å². The number of fused-ring (bicyclic) bond motifs is 1. The molecule has 0 aliphatic carbocycles. The Bertz CT molecular complexity index is 521. The van der Waals surface area contributed by atoms with Crippen molar-refractivity contribution in [3.8, 4) is 0 Å². The monoisotopic (exact) mass is 201 g/mol. The second-order valence-corrected chi connectivity index (χ2v) is 2.99. The smallest absolute Gasteiger partial charge is 0.267 e. The van der Waals surface area contributed by atoms with Crippen molar-refractivity contribution < 1.29 is 13.9 Å². The fourth-order valence-corrected chi connectivity index (χ4v) is 1.34. The molecule has 4 nitrogen and oxygen atoms in total. The third-order valence-electron chi connectivity index (χ3n) is 2.01. The van der Waals surface area contributed by atoms with Gasteiger partial charge in [0.25, 0.3) is 5.89 Å². The maximum absolute atomic E-state index is 5.49. The number of hydrogen-bond donors (Lipinski definition) is 0. The van der Waals surface area contributed by atoms with Crippen molar-refractivity contribution in [1.82, 2.24) is 4.98 Å². The van der Waals surface area contributed by atoms with Gasteiger partial charge in [-0.25, -0.2) is 4.98 Å². The van der Waals surface area contributed by atoms with Gasteiger partial charge in [0.05, 0.1) is 0 Å². The van der Waals surface area contributed by atoms with Gasteiger partial charge < -0.3 is 13.9 Å². The maximum atomic E-state index is 5.49. The molecule has 0 unspecified atom stereocenters. The number of para-hydroxylation sites is 2. The zero-order valence-electron chi connectivity index (χ0n) is 7.71. The van der Waals surface area contributed by atoms with Gasteiger partial charge in [0.1, 0.15) is 24.3 Å². The lowest BCUT2D eigenvalue weighted by molar-refractivity contribution is 0.303. The van der Waals surface area contributed by atoms with Crippen LogP contribution >= 0.6 is 0 Å². The van der Waals surface area contributed by atoms with E-state index in [1.54, 1.807) is 0 Å². The topological polar surface area (TPSA) is 44.5 Å². The van der Waals surface area contributed by atoms with Crippen molar-refractivity contribution in [1.29, 1.82) is 0 Å². The van der Waals surface area contributed by atoms with Gasteiger partial charge in [-0.05, 0) is 12.1 Å². The first-order valence-corrected chi connectivity index (χ1v) is 4.47. The van der Waals surface area contributed by atoms with Gasteiger partial charge in [0.2, 0.25) is 5.76 Å². The molecule has 1 aromatic heterocycles. The van der Waals surface area contributed by atoms with Crippen molar-refractivity contribution in [3.63, 3.8) is 0 Å². The number of rotatable bonds is 1. The second-order valence-electron chi connectivity index (χ2n) is 2.99. The highest BCUT2D eigenvalue weighted by atomic mass is 16.5. The normalized spacial score (nSPS) is 14.5. The minimum absolute atomic E-state index is 0.417. The van der Waals surface area contributed by atoms with E-state index in [0.717, 1.165) is 11.1 Å². The Morgan fingerprint density at radius 1 is 1.07 bits per heavy atom. The number of ether oxygens (including phenoxy) is 2. The predicted octanol–water partition coefficient (Wildman–Crippen LogP) is 2.64. The first kappa shape index (κ1) is 8.11. The van der Waals surface area contributed by atoms with E-state index in [1.165, 1.54) is 18.8 Å². The quantitative estimate of drug-likeness (QED) is 0.711. The molecular formula is C11H7NO3. The van der Waals surface area contributed by atoms with Gasteiger partial charge in [-0.2, -0.15) is 0 Å². The summed E-state index contributed by atoms with van der Waals surface area (Å²) in [4.78, 5) is 4.26. The standard InChI is InChI=1S/C11H7NO3/c1-2-4-9-8(3-1)12-11(15-9)10-7-13-5-6-14-10/h1-7H. The van der Waals surface area contributed by atoms with Crippen LogP contribution < -0.4 is 0 Å². The molecule has 1 aliphatic rings. The van der Waals surface area contributed by atoms with Gasteiger partial charge >= 0.3 is 0 Å². The van der Waals surface area contributed by atoms with Crippen LogP contribution in [0.15, 0.2) is 47.5 Å². The van der Waals surface area contributed by atoms with Gasteiger partial charge in [0, 0.05) is 0 Å².